The second kappa shape index (κ2) is 9.07. The average molecular weight is 529 g/mol. The van der Waals surface area contributed by atoms with Crippen LogP contribution in [0.25, 0.3) is 11.0 Å². The number of nitrogens with zero attached hydrogens (tertiary/aromatic N) is 5. The Morgan fingerprint density at radius 3 is 2.58 bits per heavy atom. The summed E-state index contributed by atoms with van der Waals surface area (Å²) in [7, 11) is 0. The van der Waals surface area contributed by atoms with Crippen LogP contribution in [-0.2, 0) is 10.7 Å². The van der Waals surface area contributed by atoms with Crippen LogP contribution in [0.3, 0.4) is 0 Å². The van der Waals surface area contributed by atoms with Crippen LogP contribution in [-0.4, -0.2) is 61.6 Å². The number of halogens is 3. The molecule has 1 aromatic carbocycles. The second-order valence-corrected chi connectivity index (χ2v) is 10.8. The smallest absolute Gasteiger partial charge is 0.303 e. The fourth-order valence-electron chi connectivity index (χ4n) is 5.49. The normalized spacial score (nSPS) is 20.3. The summed E-state index contributed by atoms with van der Waals surface area (Å²) in [5.74, 6) is -3.95. The molecule has 0 spiro atoms. The van der Waals surface area contributed by atoms with Crippen LogP contribution < -0.4 is 10.2 Å². The molecule has 2 aliphatic heterocycles. The van der Waals surface area contributed by atoms with Crippen molar-refractivity contribution in [3.8, 4) is 0 Å². The van der Waals surface area contributed by atoms with Crippen molar-refractivity contribution in [1.29, 1.82) is 0 Å². The predicted molar refractivity (Wildman–Crippen MR) is 138 cm³/mol. The van der Waals surface area contributed by atoms with Crippen LogP contribution in [0, 0.1) is 12.7 Å². The van der Waals surface area contributed by atoms with E-state index in [9.17, 15) is 18.7 Å². The molecule has 0 saturated carbocycles. The number of hydrogen-bond acceptors (Lipinski definition) is 7. The lowest BCUT2D eigenvalue weighted by Gasteiger charge is -2.35. The highest BCUT2D eigenvalue weighted by Crippen LogP contribution is 2.42. The summed E-state index contributed by atoms with van der Waals surface area (Å²) in [5.41, 5.74) is -1.97. The van der Waals surface area contributed by atoms with E-state index in [1.165, 1.54) is 12.1 Å². The lowest BCUT2D eigenvalue weighted by atomic mass is 9.91. The van der Waals surface area contributed by atoms with Gasteiger partial charge >= 0.3 is 5.92 Å². The Balaban J connectivity index is 1.47. The molecule has 2 bridgehead atoms. The zero-order valence-corrected chi connectivity index (χ0v) is 22.0. The Kier molecular flexibility index (Phi) is 6.24. The largest absolute Gasteiger partial charge is 0.384 e. The number of rotatable bonds is 6. The molecule has 2 N–H and O–H groups in total. The minimum Gasteiger partial charge on any atom is -0.384 e. The number of carbonyl (C=O) groups excluding carboxylic acids is 1. The summed E-state index contributed by atoms with van der Waals surface area (Å²) < 4.78 is 45.0. The number of aromatic nitrogens is 3. The Hall–Kier alpha value is -3.47. The van der Waals surface area contributed by atoms with Gasteiger partial charge in [-0.1, -0.05) is 12.1 Å². The summed E-state index contributed by atoms with van der Waals surface area (Å²) in [6, 6.07) is 5.31. The van der Waals surface area contributed by atoms with E-state index in [1.807, 2.05) is 11.0 Å². The van der Waals surface area contributed by atoms with E-state index in [0.29, 0.717) is 35.8 Å². The van der Waals surface area contributed by atoms with E-state index in [4.69, 9.17) is 0 Å². The van der Waals surface area contributed by atoms with Gasteiger partial charge in [-0.25, -0.2) is 19.3 Å². The third-order valence-electron chi connectivity index (χ3n) is 7.58. The summed E-state index contributed by atoms with van der Waals surface area (Å²) in [5, 5.41) is 13.7. The Morgan fingerprint density at radius 1 is 1.21 bits per heavy atom. The van der Waals surface area contributed by atoms with Gasteiger partial charge in [0.1, 0.15) is 23.1 Å². The molecule has 2 fully saturated rings. The number of nitrogens with one attached hydrogen (secondary N) is 1. The molecule has 1 unspecified atom stereocenters. The number of aryl methyl sites for hydroxylation is 1. The van der Waals surface area contributed by atoms with Gasteiger partial charge in [0, 0.05) is 31.6 Å². The molecular weight excluding hydrogens is 497 g/mol. The van der Waals surface area contributed by atoms with Gasteiger partial charge in [-0.3, -0.25) is 4.79 Å². The number of alkyl halides is 2. The SMILES string of the molecule is CC(=O)N1C[C@H]2C[C@@H]1CN2c1cnc2nc(C)nc(NC(C)c3cccc(C(F)(F)C(C)(C)O)c3F)c2c1. The van der Waals surface area contributed by atoms with Crippen LogP contribution in [0.4, 0.5) is 24.7 Å². The topological polar surface area (TPSA) is 94.5 Å². The summed E-state index contributed by atoms with van der Waals surface area (Å²) >= 11 is 0. The molecule has 38 heavy (non-hydrogen) atoms. The third-order valence-corrected chi connectivity index (χ3v) is 7.58. The zero-order chi connectivity index (χ0) is 27.6. The van der Waals surface area contributed by atoms with Crippen molar-refractivity contribution in [2.75, 3.05) is 23.3 Å². The quantitative estimate of drug-likeness (QED) is 0.492. The van der Waals surface area contributed by atoms with Crippen molar-refractivity contribution in [2.24, 2.45) is 0 Å². The number of aliphatic hydroxyl groups is 1. The van der Waals surface area contributed by atoms with Crippen molar-refractivity contribution < 1.29 is 23.1 Å². The van der Waals surface area contributed by atoms with Crippen molar-refractivity contribution in [2.45, 2.75) is 70.7 Å². The lowest BCUT2D eigenvalue weighted by molar-refractivity contribution is -0.170. The van der Waals surface area contributed by atoms with Crippen LogP contribution in [0.1, 0.15) is 57.1 Å². The summed E-state index contributed by atoms with van der Waals surface area (Å²) in [6.07, 6.45) is 2.65. The van der Waals surface area contributed by atoms with Crippen molar-refractivity contribution in [3.05, 3.63) is 53.2 Å². The van der Waals surface area contributed by atoms with Crippen molar-refractivity contribution >= 4 is 28.4 Å². The molecule has 11 heteroatoms. The van der Waals surface area contributed by atoms with Gasteiger partial charge in [-0.15, -0.1) is 0 Å². The number of likely N-dealkylation sites (tertiary alicyclic amines) is 1. The highest BCUT2D eigenvalue weighted by molar-refractivity contribution is 5.89. The number of amides is 1. The van der Waals surface area contributed by atoms with Crippen LogP contribution in [0.2, 0.25) is 0 Å². The first kappa shape index (κ1) is 26.1. The number of anilines is 2. The molecule has 2 saturated heterocycles. The minimum absolute atomic E-state index is 0.0149. The monoisotopic (exact) mass is 528 g/mol. The second-order valence-electron chi connectivity index (χ2n) is 10.8. The first-order chi connectivity index (χ1) is 17.8. The molecule has 2 aliphatic rings. The number of piperazine rings is 1. The van der Waals surface area contributed by atoms with Gasteiger partial charge in [0.2, 0.25) is 5.91 Å². The summed E-state index contributed by atoms with van der Waals surface area (Å²) in [6.45, 7) is 8.22. The van der Waals surface area contributed by atoms with Gasteiger partial charge in [-0.05, 0) is 46.2 Å². The number of carbonyl (C=O) groups is 1. The minimum atomic E-state index is -3.79. The van der Waals surface area contributed by atoms with E-state index in [1.54, 1.807) is 27.0 Å². The van der Waals surface area contributed by atoms with Gasteiger partial charge in [0.05, 0.1) is 34.9 Å². The standard InChI is InChI=1S/C27H31F3N6O2/c1-14(20-7-6-8-22(23(20)28)27(29,30)26(4,5)38)32-25-21-10-17(11-31-24(21)33-15(2)34-25)36-13-18-9-19(36)12-35(18)16(3)37/h6-8,10-11,14,18-19,38H,9,12-13H2,1-5H3,(H,31,32,33,34)/t14?,18-,19-/m1/s1. The Labute approximate surface area is 218 Å². The van der Waals surface area contributed by atoms with E-state index >= 15 is 4.39 Å². The van der Waals surface area contributed by atoms with Crippen LogP contribution in [0.15, 0.2) is 30.5 Å². The maximum absolute atomic E-state index is 15.4. The molecule has 4 heterocycles. The molecule has 1 amide bonds. The molecule has 202 valence electrons. The molecule has 3 aromatic rings. The fraction of sp³-hybridized carbons (Fsp3) is 0.481. The van der Waals surface area contributed by atoms with Gasteiger partial charge in [0.25, 0.3) is 0 Å². The number of benzene rings is 1. The maximum Gasteiger partial charge on any atom is 0.303 e. The van der Waals surface area contributed by atoms with E-state index in [0.717, 1.165) is 32.0 Å². The Morgan fingerprint density at radius 2 is 1.95 bits per heavy atom. The number of pyridine rings is 1. The number of hydrogen-bond donors (Lipinski definition) is 2. The Bertz CT molecular complexity index is 1410. The molecular formula is C27H31F3N6O2. The molecule has 3 atom stereocenters. The highest BCUT2D eigenvalue weighted by atomic mass is 19.3. The average Bonchev–Trinajstić information content (AvgIpc) is 3.44. The molecule has 8 nitrogen and oxygen atoms in total. The van der Waals surface area contributed by atoms with Gasteiger partial charge in [0.15, 0.2) is 5.65 Å². The molecule has 5 rings (SSSR count). The van der Waals surface area contributed by atoms with Crippen molar-refractivity contribution in [3.63, 3.8) is 0 Å². The molecule has 2 aromatic heterocycles. The van der Waals surface area contributed by atoms with Crippen LogP contribution >= 0.6 is 0 Å². The third kappa shape index (κ3) is 4.32. The molecule has 0 aliphatic carbocycles. The van der Waals surface area contributed by atoms with E-state index in [-0.39, 0.29) is 23.6 Å². The summed E-state index contributed by atoms with van der Waals surface area (Å²) in [4.78, 5) is 29.5. The van der Waals surface area contributed by atoms with Crippen LogP contribution in [0.5, 0.6) is 0 Å². The van der Waals surface area contributed by atoms with E-state index in [2.05, 4.69) is 25.2 Å². The van der Waals surface area contributed by atoms with Gasteiger partial charge in [-0.2, -0.15) is 8.78 Å². The highest BCUT2D eigenvalue weighted by Gasteiger charge is 2.49. The number of fused-ring (bicyclic) bond motifs is 3. The first-order valence-electron chi connectivity index (χ1n) is 12.6. The molecule has 0 radical (unpaired) electrons. The lowest BCUT2D eigenvalue weighted by Crippen LogP contribution is -2.48. The van der Waals surface area contributed by atoms with Gasteiger partial charge < -0.3 is 20.2 Å². The predicted octanol–water partition coefficient (Wildman–Crippen LogP) is 4.32. The maximum atomic E-state index is 15.4. The fourth-order valence-corrected chi connectivity index (χ4v) is 5.49. The zero-order valence-electron chi connectivity index (χ0n) is 22.0. The van der Waals surface area contributed by atoms with Crippen molar-refractivity contribution in [1.82, 2.24) is 19.9 Å². The van der Waals surface area contributed by atoms with E-state index < -0.39 is 28.9 Å². The first-order valence-corrected chi connectivity index (χ1v) is 12.6.